The zero-order valence-corrected chi connectivity index (χ0v) is 5.98. The van der Waals surface area contributed by atoms with Gasteiger partial charge in [-0.2, -0.15) is 0 Å². The van der Waals surface area contributed by atoms with Crippen LogP contribution in [0.4, 0.5) is 0 Å². The van der Waals surface area contributed by atoms with E-state index in [9.17, 15) is 15.0 Å². The van der Waals surface area contributed by atoms with Crippen LogP contribution < -0.4 is 10.7 Å². The summed E-state index contributed by atoms with van der Waals surface area (Å²) in [5.41, 5.74) is 1.49. The van der Waals surface area contributed by atoms with Crippen LogP contribution in [-0.4, -0.2) is 17.2 Å². The molecule has 1 atom stereocenters. The largest absolute Gasteiger partial charge is 0.324 e. The maximum atomic E-state index is 9.88. The zero-order valence-electron chi connectivity index (χ0n) is 5.98. The molecule has 0 aromatic carbocycles. The van der Waals surface area contributed by atoms with Gasteiger partial charge in [0.25, 0.3) is 5.96 Å². The molecule has 0 saturated heterocycles. The summed E-state index contributed by atoms with van der Waals surface area (Å²) in [6.07, 6.45) is 0.0772. The lowest BCUT2D eigenvalue weighted by atomic mass is 10.5. The fourth-order valence-corrected chi connectivity index (χ4v) is 0.400. The van der Waals surface area contributed by atoms with E-state index in [1.54, 1.807) is 0 Å². The third-order valence-corrected chi connectivity index (χ3v) is 0.832. The minimum Gasteiger partial charge on any atom is -0.324 e. The molecule has 0 aliphatic carbocycles. The van der Waals surface area contributed by atoms with Gasteiger partial charge < -0.3 is 5.32 Å². The van der Waals surface area contributed by atoms with Crippen molar-refractivity contribution in [1.29, 1.82) is 5.41 Å². The van der Waals surface area contributed by atoms with Gasteiger partial charge in [-0.25, -0.2) is 10.1 Å². The first-order valence-electron chi connectivity index (χ1n) is 2.81. The molecule has 8 nitrogen and oxygen atoms in total. The highest BCUT2D eigenvalue weighted by Gasteiger charge is 2.07. The monoisotopic (exact) mass is 173 g/mol. The van der Waals surface area contributed by atoms with E-state index >= 15 is 0 Å². The number of nitro groups is 1. The summed E-state index contributed by atoms with van der Waals surface area (Å²) in [5.74, 6) is -0.621. The Morgan fingerprint density at radius 1 is 1.83 bits per heavy atom. The number of guanidine groups is 1. The van der Waals surface area contributed by atoms with Crippen LogP contribution in [0.3, 0.4) is 0 Å². The van der Waals surface area contributed by atoms with Crippen molar-refractivity contribution in [2.75, 3.05) is 0 Å². The highest BCUT2D eigenvalue weighted by atomic mass is 16.7. The first-order valence-corrected chi connectivity index (χ1v) is 2.81. The van der Waals surface area contributed by atoms with Gasteiger partial charge in [0.05, 0.1) is 0 Å². The minimum absolute atomic E-state index is 0.621. The van der Waals surface area contributed by atoms with Gasteiger partial charge in [0.2, 0.25) is 0 Å². The highest BCUT2D eigenvalue weighted by molar-refractivity contribution is 5.75. The number of hydrogen-bond donors (Lipinski definition) is 3. The number of hydrogen-bond acceptors (Lipinski definition) is 5. The number of nitroso groups, excluding NO2 is 1. The summed E-state index contributed by atoms with van der Waals surface area (Å²) >= 11 is 0. The lowest BCUT2D eigenvalue weighted by Crippen LogP contribution is -2.43. The van der Waals surface area contributed by atoms with Crippen LogP contribution >= 0.6 is 0 Å². The normalized spacial score (nSPS) is 11.0. The Bertz CT molecular complexity index is 207. The Balaban J connectivity index is 3.89. The van der Waals surface area contributed by atoms with Crippen LogP contribution in [0.15, 0.2) is 17.8 Å². The molecule has 12 heavy (non-hydrogen) atoms. The molecule has 8 heteroatoms. The summed E-state index contributed by atoms with van der Waals surface area (Å²) in [6, 6.07) is 0. The van der Waals surface area contributed by atoms with Gasteiger partial charge in [0.15, 0.2) is 11.2 Å². The number of nitrogens with one attached hydrogen (secondary N) is 3. The fourth-order valence-electron chi connectivity index (χ4n) is 0.400. The second-order valence-electron chi connectivity index (χ2n) is 1.67. The van der Waals surface area contributed by atoms with Crippen LogP contribution in [0.5, 0.6) is 0 Å². The quantitative estimate of drug-likeness (QED) is 0.133. The molecule has 0 spiro atoms. The van der Waals surface area contributed by atoms with Crippen molar-refractivity contribution in [2.45, 2.75) is 6.17 Å². The predicted octanol–water partition coefficient (Wildman–Crippen LogP) is -0.429. The smallest absolute Gasteiger partial charge is 0.253 e. The van der Waals surface area contributed by atoms with Crippen molar-refractivity contribution in [1.82, 2.24) is 10.7 Å². The molecule has 66 valence electrons. The van der Waals surface area contributed by atoms with Crippen molar-refractivity contribution in [3.8, 4) is 0 Å². The molecule has 0 aromatic rings. The van der Waals surface area contributed by atoms with Gasteiger partial charge in [0.1, 0.15) is 0 Å². The highest BCUT2D eigenvalue weighted by Crippen LogP contribution is 1.83. The first kappa shape index (κ1) is 10.0. The average molecular weight is 173 g/mol. The Morgan fingerprint density at radius 2 is 2.42 bits per heavy atom. The molecule has 0 radical (unpaired) electrons. The van der Waals surface area contributed by atoms with E-state index in [1.807, 2.05) is 0 Å². The molecular weight excluding hydrogens is 166 g/mol. The summed E-state index contributed by atoms with van der Waals surface area (Å²) in [4.78, 5) is 19.6. The third-order valence-electron chi connectivity index (χ3n) is 0.832. The topological polar surface area (TPSA) is 120 Å². The van der Waals surface area contributed by atoms with Gasteiger partial charge in [-0.3, -0.25) is 5.41 Å². The summed E-state index contributed by atoms with van der Waals surface area (Å²) < 4.78 is 0. The van der Waals surface area contributed by atoms with Crippen LogP contribution in [0.2, 0.25) is 0 Å². The summed E-state index contributed by atoms with van der Waals surface area (Å²) in [5, 5.41) is 20.2. The molecule has 0 saturated carbocycles. The molecule has 0 aromatic heterocycles. The van der Waals surface area contributed by atoms with Crippen LogP contribution in [0.1, 0.15) is 0 Å². The first-order chi connectivity index (χ1) is 5.60. The Labute approximate surface area is 67.2 Å². The summed E-state index contributed by atoms with van der Waals surface area (Å²) in [6.45, 7) is 3.21. The van der Waals surface area contributed by atoms with E-state index in [0.717, 1.165) is 6.08 Å². The van der Waals surface area contributed by atoms with Crippen molar-refractivity contribution in [3.63, 3.8) is 0 Å². The number of nitrogens with zero attached hydrogens (tertiary/aromatic N) is 2. The molecule has 0 bridgehead atoms. The lowest BCUT2D eigenvalue weighted by molar-refractivity contribution is -0.525. The fraction of sp³-hybridized carbons (Fsp3) is 0.250. The van der Waals surface area contributed by atoms with E-state index in [-0.39, 0.29) is 0 Å². The van der Waals surface area contributed by atoms with Crippen molar-refractivity contribution < 1.29 is 5.03 Å². The molecule has 0 rings (SSSR count). The lowest BCUT2D eigenvalue weighted by Gasteiger charge is -2.05. The van der Waals surface area contributed by atoms with Crippen molar-refractivity contribution in [2.24, 2.45) is 5.18 Å². The number of hydrazine groups is 1. The second kappa shape index (κ2) is 4.77. The van der Waals surface area contributed by atoms with E-state index in [1.165, 1.54) is 5.43 Å². The minimum atomic E-state index is -1.04. The van der Waals surface area contributed by atoms with E-state index in [4.69, 9.17) is 5.41 Å². The zero-order chi connectivity index (χ0) is 9.56. The second-order valence-corrected chi connectivity index (χ2v) is 1.67. The van der Waals surface area contributed by atoms with Crippen molar-refractivity contribution >= 4 is 5.96 Å². The van der Waals surface area contributed by atoms with Gasteiger partial charge in [-0.1, -0.05) is 12.0 Å². The van der Waals surface area contributed by atoms with Gasteiger partial charge in [-0.05, 0) is 11.3 Å². The van der Waals surface area contributed by atoms with Crippen LogP contribution in [-0.2, 0) is 0 Å². The molecule has 0 aliphatic heterocycles. The van der Waals surface area contributed by atoms with Crippen LogP contribution in [0.25, 0.3) is 0 Å². The summed E-state index contributed by atoms with van der Waals surface area (Å²) in [7, 11) is 0. The van der Waals surface area contributed by atoms with Gasteiger partial charge in [0, 0.05) is 0 Å². The standard InChI is InChI=1S/C4H7N5O3/c1-2-3(8-10)6-4(5)7-9(11)12/h2-3H,1H2,(H3,5,6,7). The van der Waals surface area contributed by atoms with Gasteiger partial charge in [-0.15, -0.1) is 4.91 Å². The molecular formula is C4H7N5O3. The number of rotatable bonds is 4. The SMILES string of the molecule is C=CC(N=O)NC(=N)N[N+](=O)[O-]. The Kier molecular flexibility index (Phi) is 3.98. The van der Waals surface area contributed by atoms with Crippen molar-refractivity contribution in [3.05, 3.63) is 27.7 Å². The van der Waals surface area contributed by atoms with E-state index < -0.39 is 17.2 Å². The molecule has 3 N–H and O–H groups in total. The average Bonchev–Trinajstić information content (AvgIpc) is 1.98. The Morgan fingerprint density at radius 3 is 2.75 bits per heavy atom. The third kappa shape index (κ3) is 3.93. The molecule has 1 unspecified atom stereocenters. The molecule has 0 amide bonds. The van der Waals surface area contributed by atoms with E-state index in [0.29, 0.717) is 0 Å². The maximum Gasteiger partial charge on any atom is 0.253 e. The predicted molar refractivity (Wildman–Crippen MR) is 40.8 cm³/mol. The molecule has 0 aliphatic rings. The maximum absolute atomic E-state index is 9.88. The Hall–Kier alpha value is -1.99. The van der Waals surface area contributed by atoms with Gasteiger partial charge >= 0.3 is 0 Å². The molecule has 0 heterocycles. The molecule has 0 fully saturated rings. The van der Waals surface area contributed by atoms with Crippen LogP contribution in [0, 0.1) is 20.4 Å². The van der Waals surface area contributed by atoms with E-state index in [2.05, 4.69) is 17.1 Å².